The van der Waals surface area contributed by atoms with Gasteiger partial charge in [0.2, 0.25) is 0 Å². The van der Waals surface area contributed by atoms with Gasteiger partial charge in [0.15, 0.2) is 0 Å². The molecule has 0 heterocycles. The fourth-order valence-corrected chi connectivity index (χ4v) is 1.87. The molecule has 1 aromatic rings. The van der Waals surface area contributed by atoms with Crippen LogP contribution in [0.25, 0.3) is 0 Å². The Balaban J connectivity index is 2.88. The third-order valence-electron chi connectivity index (χ3n) is 2.98. The summed E-state index contributed by atoms with van der Waals surface area (Å²) >= 11 is 0. The van der Waals surface area contributed by atoms with Crippen LogP contribution in [-0.4, -0.2) is 12.2 Å². The van der Waals surface area contributed by atoms with E-state index in [-0.39, 0.29) is 0 Å². The van der Waals surface area contributed by atoms with Gasteiger partial charge in [-0.1, -0.05) is 32.8 Å². The minimum Gasteiger partial charge on any atom is -0.428 e. The van der Waals surface area contributed by atoms with Crippen molar-refractivity contribution in [3.8, 4) is 5.75 Å². The van der Waals surface area contributed by atoms with Crippen molar-refractivity contribution in [3.63, 3.8) is 0 Å². The standard InChI is InChI=1S/C15H21NO2/c1-3-5-6-7-14(16)13-10-12(4-2)8-9-15(13)18-11-17/h8-11,16H,3-7H2,1-2H3. The highest BCUT2D eigenvalue weighted by molar-refractivity contribution is 6.01. The van der Waals surface area contributed by atoms with Crippen molar-refractivity contribution in [1.29, 1.82) is 5.41 Å². The molecule has 3 nitrogen and oxygen atoms in total. The van der Waals surface area contributed by atoms with Crippen LogP contribution in [0.3, 0.4) is 0 Å². The molecule has 0 amide bonds. The van der Waals surface area contributed by atoms with Gasteiger partial charge in [-0.3, -0.25) is 4.79 Å². The van der Waals surface area contributed by atoms with Crippen LogP contribution in [0.1, 0.15) is 50.7 Å². The number of hydrogen-bond donors (Lipinski definition) is 1. The third-order valence-corrected chi connectivity index (χ3v) is 2.98. The molecule has 1 aromatic carbocycles. The molecule has 1 rings (SSSR count). The lowest BCUT2D eigenvalue weighted by molar-refractivity contribution is -0.120. The number of carbonyl (C=O) groups is 1. The van der Waals surface area contributed by atoms with Gasteiger partial charge in [0.25, 0.3) is 6.47 Å². The fraction of sp³-hybridized carbons (Fsp3) is 0.467. The zero-order chi connectivity index (χ0) is 13.4. The summed E-state index contributed by atoms with van der Waals surface area (Å²) in [7, 11) is 0. The number of benzene rings is 1. The molecule has 0 spiro atoms. The maximum Gasteiger partial charge on any atom is 0.298 e. The lowest BCUT2D eigenvalue weighted by atomic mass is 10.00. The van der Waals surface area contributed by atoms with E-state index < -0.39 is 0 Å². The van der Waals surface area contributed by atoms with E-state index in [4.69, 9.17) is 10.1 Å². The lowest BCUT2D eigenvalue weighted by Crippen LogP contribution is -2.04. The molecule has 0 aromatic heterocycles. The van der Waals surface area contributed by atoms with Crippen LogP contribution in [0.4, 0.5) is 0 Å². The summed E-state index contributed by atoms with van der Waals surface area (Å²) in [6, 6.07) is 5.66. The number of rotatable bonds is 8. The van der Waals surface area contributed by atoms with Crippen molar-refractivity contribution in [2.75, 3.05) is 0 Å². The summed E-state index contributed by atoms with van der Waals surface area (Å²) in [6.07, 6.45) is 4.92. The van der Waals surface area contributed by atoms with Crippen LogP contribution in [0.15, 0.2) is 18.2 Å². The Bertz CT molecular complexity index is 413. The smallest absolute Gasteiger partial charge is 0.298 e. The molecule has 0 aliphatic rings. The van der Waals surface area contributed by atoms with Gasteiger partial charge in [-0.25, -0.2) is 0 Å². The van der Waals surface area contributed by atoms with Gasteiger partial charge in [-0.15, -0.1) is 0 Å². The van der Waals surface area contributed by atoms with Crippen LogP contribution in [-0.2, 0) is 11.2 Å². The van der Waals surface area contributed by atoms with E-state index in [1.807, 2.05) is 12.1 Å². The molecule has 98 valence electrons. The molecule has 0 unspecified atom stereocenters. The van der Waals surface area contributed by atoms with Gasteiger partial charge in [0.05, 0.1) is 0 Å². The molecule has 1 N–H and O–H groups in total. The number of unbranched alkanes of at least 4 members (excludes halogenated alkanes) is 2. The zero-order valence-corrected chi connectivity index (χ0v) is 11.2. The second-order valence-electron chi connectivity index (χ2n) is 4.33. The normalized spacial score (nSPS) is 10.1. The molecular formula is C15H21NO2. The molecule has 0 saturated heterocycles. The minimum atomic E-state index is 0.420. The number of aryl methyl sites for hydroxylation is 1. The Morgan fingerprint density at radius 2 is 2.11 bits per heavy atom. The number of hydrogen-bond acceptors (Lipinski definition) is 3. The van der Waals surface area contributed by atoms with Crippen molar-refractivity contribution in [2.24, 2.45) is 0 Å². The summed E-state index contributed by atoms with van der Waals surface area (Å²) in [5.41, 5.74) is 2.46. The number of ether oxygens (including phenoxy) is 1. The molecule has 0 bridgehead atoms. The van der Waals surface area contributed by atoms with E-state index in [9.17, 15) is 4.79 Å². The van der Waals surface area contributed by atoms with Gasteiger partial charge in [0.1, 0.15) is 5.75 Å². The molecule has 0 fully saturated rings. The zero-order valence-electron chi connectivity index (χ0n) is 11.2. The van der Waals surface area contributed by atoms with E-state index in [1.165, 1.54) is 0 Å². The van der Waals surface area contributed by atoms with Crippen molar-refractivity contribution >= 4 is 12.2 Å². The first-order valence-corrected chi connectivity index (χ1v) is 6.53. The Kier molecular flexibility index (Phi) is 6.12. The van der Waals surface area contributed by atoms with E-state index in [1.54, 1.807) is 6.07 Å². The fourth-order valence-electron chi connectivity index (χ4n) is 1.87. The average Bonchev–Trinajstić information content (AvgIpc) is 2.39. The van der Waals surface area contributed by atoms with E-state index in [2.05, 4.69) is 13.8 Å². The monoisotopic (exact) mass is 247 g/mol. The number of nitrogens with one attached hydrogen (secondary N) is 1. The van der Waals surface area contributed by atoms with Crippen LogP contribution in [0.5, 0.6) is 5.75 Å². The molecule has 0 saturated carbocycles. The first kappa shape index (κ1) is 14.4. The Hall–Kier alpha value is -1.64. The average molecular weight is 247 g/mol. The highest BCUT2D eigenvalue weighted by Gasteiger charge is 2.10. The van der Waals surface area contributed by atoms with Crippen LogP contribution in [0, 0.1) is 5.41 Å². The molecule has 0 radical (unpaired) electrons. The topological polar surface area (TPSA) is 50.1 Å². The van der Waals surface area contributed by atoms with Crippen molar-refractivity contribution < 1.29 is 9.53 Å². The van der Waals surface area contributed by atoms with Crippen LogP contribution in [0.2, 0.25) is 0 Å². The molecule has 3 heteroatoms. The summed E-state index contributed by atoms with van der Waals surface area (Å²) in [5, 5.41) is 8.10. The molecular weight excluding hydrogens is 226 g/mol. The highest BCUT2D eigenvalue weighted by Crippen LogP contribution is 2.22. The molecule has 18 heavy (non-hydrogen) atoms. The largest absolute Gasteiger partial charge is 0.428 e. The SMILES string of the molecule is CCCCCC(=N)c1cc(CC)ccc1OC=O. The van der Waals surface area contributed by atoms with Crippen LogP contribution >= 0.6 is 0 Å². The van der Waals surface area contributed by atoms with E-state index >= 15 is 0 Å². The Labute approximate surface area is 109 Å². The Morgan fingerprint density at radius 3 is 2.72 bits per heavy atom. The lowest BCUT2D eigenvalue weighted by Gasteiger charge is -2.10. The summed E-state index contributed by atoms with van der Waals surface area (Å²) in [4.78, 5) is 10.5. The first-order chi connectivity index (χ1) is 8.72. The third kappa shape index (κ3) is 3.99. The van der Waals surface area contributed by atoms with Gasteiger partial charge in [-0.05, 0) is 37.0 Å². The van der Waals surface area contributed by atoms with Crippen LogP contribution < -0.4 is 4.74 Å². The van der Waals surface area contributed by atoms with E-state index in [0.29, 0.717) is 17.9 Å². The second kappa shape index (κ2) is 7.64. The van der Waals surface area contributed by atoms with E-state index in [0.717, 1.165) is 43.2 Å². The van der Waals surface area contributed by atoms with Crippen molar-refractivity contribution in [1.82, 2.24) is 0 Å². The quantitative estimate of drug-likeness (QED) is 0.432. The van der Waals surface area contributed by atoms with Crippen molar-refractivity contribution in [3.05, 3.63) is 29.3 Å². The van der Waals surface area contributed by atoms with Gasteiger partial charge in [0, 0.05) is 11.3 Å². The molecule has 0 aliphatic heterocycles. The van der Waals surface area contributed by atoms with Gasteiger partial charge >= 0.3 is 0 Å². The molecule has 0 aliphatic carbocycles. The Morgan fingerprint density at radius 1 is 1.33 bits per heavy atom. The summed E-state index contributed by atoms with van der Waals surface area (Å²) in [5.74, 6) is 0.490. The second-order valence-corrected chi connectivity index (χ2v) is 4.33. The predicted molar refractivity (Wildman–Crippen MR) is 73.5 cm³/mol. The van der Waals surface area contributed by atoms with Crippen molar-refractivity contribution in [2.45, 2.75) is 46.0 Å². The van der Waals surface area contributed by atoms with Gasteiger partial charge in [-0.2, -0.15) is 0 Å². The highest BCUT2D eigenvalue weighted by atomic mass is 16.5. The number of carbonyl (C=O) groups excluding carboxylic acids is 1. The van der Waals surface area contributed by atoms with Gasteiger partial charge < -0.3 is 10.1 Å². The molecule has 0 atom stereocenters. The predicted octanol–water partition coefficient (Wildman–Crippen LogP) is 3.73. The first-order valence-electron chi connectivity index (χ1n) is 6.53. The minimum absolute atomic E-state index is 0.420. The summed E-state index contributed by atoms with van der Waals surface area (Å²) in [6.45, 7) is 4.63. The summed E-state index contributed by atoms with van der Waals surface area (Å²) < 4.78 is 4.94. The maximum atomic E-state index is 10.5. The maximum absolute atomic E-state index is 10.5.